The fourth-order valence-corrected chi connectivity index (χ4v) is 6.59. The fourth-order valence-electron chi connectivity index (χ4n) is 6.37. The molecule has 1 aromatic heterocycles. The third kappa shape index (κ3) is 5.32. The molecule has 3 aromatic carbocycles. The molecular formula is C34H33ClN4O3. The van der Waals surface area contributed by atoms with Crippen molar-refractivity contribution in [1.29, 1.82) is 0 Å². The smallest absolute Gasteiger partial charge is 0.258 e. The molecule has 2 atom stereocenters. The first-order valence-electron chi connectivity index (χ1n) is 14.4. The Hall–Kier alpha value is -4.36. The lowest BCUT2D eigenvalue weighted by Gasteiger charge is -2.44. The van der Waals surface area contributed by atoms with Gasteiger partial charge in [0.15, 0.2) is 0 Å². The van der Waals surface area contributed by atoms with E-state index in [1.54, 1.807) is 41.3 Å². The van der Waals surface area contributed by atoms with E-state index in [9.17, 15) is 14.4 Å². The summed E-state index contributed by atoms with van der Waals surface area (Å²) in [6.45, 7) is 6.56. The fraction of sp³-hybridized carbons (Fsp3) is 0.265. The van der Waals surface area contributed by atoms with E-state index in [0.29, 0.717) is 47.4 Å². The zero-order valence-electron chi connectivity index (χ0n) is 23.7. The van der Waals surface area contributed by atoms with Gasteiger partial charge in [-0.25, -0.2) is 0 Å². The molecule has 2 unspecified atom stereocenters. The SMILES string of the molecule is CCN(C(=O)c1ccc(N2CC3CC(C2)c2cccc(=O)n2C3)c(NC(=O)c2ccccc2Cl)c1)c1cccc(C)c1. The second-order valence-electron chi connectivity index (χ2n) is 11.2. The summed E-state index contributed by atoms with van der Waals surface area (Å²) in [6, 6.07) is 25.8. The number of halogens is 1. The van der Waals surface area contributed by atoms with E-state index >= 15 is 0 Å². The van der Waals surface area contributed by atoms with Gasteiger partial charge >= 0.3 is 0 Å². The molecule has 0 radical (unpaired) electrons. The summed E-state index contributed by atoms with van der Waals surface area (Å²) in [7, 11) is 0. The van der Waals surface area contributed by atoms with Gasteiger partial charge in [0, 0.05) is 55.1 Å². The number of pyridine rings is 1. The highest BCUT2D eigenvalue weighted by Crippen LogP contribution is 2.39. The van der Waals surface area contributed by atoms with E-state index < -0.39 is 0 Å². The second kappa shape index (κ2) is 11.5. The topological polar surface area (TPSA) is 74.7 Å². The normalized spacial score (nSPS) is 17.4. The van der Waals surface area contributed by atoms with Crippen LogP contribution in [0, 0.1) is 12.8 Å². The van der Waals surface area contributed by atoms with Gasteiger partial charge in [0.25, 0.3) is 17.4 Å². The number of amides is 2. The third-order valence-electron chi connectivity index (χ3n) is 8.31. The summed E-state index contributed by atoms with van der Waals surface area (Å²) in [5.41, 5.74) is 5.22. The van der Waals surface area contributed by atoms with Crippen LogP contribution in [0.15, 0.2) is 89.7 Å². The lowest BCUT2D eigenvalue weighted by atomic mass is 9.83. The summed E-state index contributed by atoms with van der Waals surface area (Å²) < 4.78 is 1.91. The number of carbonyl (C=O) groups is 2. The van der Waals surface area contributed by atoms with Gasteiger partial charge in [0.1, 0.15) is 0 Å². The average molecular weight is 581 g/mol. The first-order chi connectivity index (χ1) is 20.3. The predicted octanol–water partition coefficient (Wildman–Crippen LogP) is 6.35. The lowest BCUT2D eigenvalue weighted by Crippen LogP contribution is -2.47. The van der Waals surface area contributed by atoms with Crippen LogP contribution in [0.25, 0.3) is 0 Å². The van der Waals surface area contributed by atoms with Crippen LogP contribution in [0.1, 0.15) is 51.2 Å². The van der Waals surface area contributed by atoms with Crippen LogP contribution < -0.4 is 20.7 Å². The molecule has 7 nitrogen and oxygen atoms in total. The van der Waals surface area contributed by atoms with Gasteiger partial charge in [-0.2, -0.15) is 0 Å². The molecule has 4 aromatic rings. The van der Waals surface area contributed by atoms with Crippen molar-refractivity contribution >= 4 is 40.5 Å². The van der Waals surface area contributed by atoms with Gasteiger partial charge in [-0.1, -0.05) is 41.9 Å². The largest absolute Gasteiger partial charge is 0.369 e. The Bertz CT molecular complexity index is 1730. The summed E-state index contributed by atoms with van der Waals surface area (Å²) in [5.74, 6) is -0.00305. The molecule has 214 valence electrons. The van der Waals surface area contributed by atoms with E-state index in [1.165, 1.54) is 0 Å². The highest BCUT2D eigenvalue weighted by molar-refractivity contribution is 6.34. The Morgan fingerprint density at radius 3 is 2.55 bits per heavy atom. The Labute approximate surface area is 250 Å². The van der Waals surface area contributed by atoms with E-state index in [1.807, 2.05) is 66.9 Å². The van der Waals surface area contributed by atoms with Crippen molar-refractivity contribution in [3.05, 3.63) is 123 Å². The highest BCUT2D eigenvalue weighted by atomic mass is 35.5. The number of anilines is 3. The van der Waals surface area contributed by atoms with Crippen molar-refractivity contribution in [2.75, 3.05) is 34.8 Å². The molecule has 1 fully saturated rings. The Kier molecular flexibility index (Phi) is 7.60. The molecule has 2 aliphatic rings. The summed E-state index contributed by atoms with van der Waals surface area (Å²) in [5, 5.41) is 3.43. The number of aromatic nitrogens is 1. The standard InChI is InChI=1S/C34H33ClN4O3/c1-3-38(26-9-6-8-22(2)16-26)34(42)24-14-15-31(29(18-24)36-33(41)27-10-4-5-11-28(27)35)37-19-23-17-25(21-37)30-12-7-13-32(40)39(30)20-23/h4-16,18,23,25H,3,17,19-21H2,1-2H3,(H,36,41). The van der Waals surface area contributed by atoms with Gasteiger partial charge in [-0.05, 0) is 80.3 Å². The zero-order valence-corrected chi connectivity index (χ0v) is 24.5. The monoisotopic (exact) mass is 580 g/mol. The molecule has 2 bridgehead atoms. The number of fused-ring (bicyclic) bond motifs is 4. The number of hydrogen-bond donors (Lipinski definition) is 1. The molecule has 1 N–H and O–H groups in total. The molecule has 2 aliphatic heterocycles. The van der Waals surface area contributed by atoms with Gasteiger partial charge in [0.2, 0.25) is 0 Å². The molecule has 3 heterocycles. The number of nitrogens with zero attached hydrogens (tertiary/aromatic N) is 3. The quantitative estimate of drug-likeness (QED) is 0.288. The van der Waals surface area contributed by atoms with Crippen molar-refractivity contribution in [3.8, 4) is 0 Å². The maximum Gasteiger partial charge on any atom is 0.258 e. The zero-order chi connectivity index (χ0) is 29.4. The first kappa shape index (κ1) is 27.8. The summed E-state index contributed by atoms with van der Waals surface area (Å²) in [4.78, 5) is 43.8. The van der Waals surface area contributed by atoms with Crippen LogP contribution in [0.3, 0.4) is 0 Å². The van der Waals surface area contributed by atoms with Gasteiger partial charge in [-0.15, -0.1) is 0 Å². The van der Waals surface area contributed by atoms with Crippen LogP contribution in [0.5, 0.6) is 0 Å². The molecule has 42 heavy (non-hydrogen) atoms. The van der Waals surface area contributed by atoms with Crippen molar-refractivity contribution in [1.82, 2.24) is 4.57 Å². The van der Waals surface area contributed by atoms with Gasteiger partial charge in [-0.3, -0.25) is 14.4 Å². The molecule has 6 rings (SSSR count). The van der Waals surface area contributed by atoms with E-state index in [0.717, 1.165) is 35.6 Å². The van der Waals surface area contributed by atoms with Crippen LogP contribution in [-0.2, 0) is 6.54 Å². The number of carbonyl (C=O) groups excluding carboxylic acids is 2. The van der Waals surface area contributed by atoms with E-state index in [-0.39, 0.29) is 23.3 Å². The maximum absolute atomic E-state index is 13.8. The molecule has 0 aliphatic carbocycles. The average Bonchev–Trinajstić information content (AvgIpc) is 2.98. The summed E-state index contributed by atoms with van der Waals surface area (Å²) >= 11 is 6.36. The number of hydrogen-bond acceptors (Lipinski definition) is 4. The molecule has 0 spiro atoms. The van der Waals surface area contributed by atoms with E-state index in [2.05, 4.69) is 10.2 Å². The Morgan fingerprint density at radius 1 is 0.952 bits per heavy atom. The molecule has 1 saturated heterocycles. The van der Waals surface area contributed by atoms with Crippen molar-refractivity contribution in [2.45, 2.75) is 32.7 Å². The molecule has 2 amide bonds. The predicted molar refractivity (Wildman–Crippen MR) is 168 cm³/mol. The number of aryl methyl sites for hydroxylation is 1. The van der Waals surface area contributed by atoms with Crippen molar-refractivity contribution < 1.29 is 9.59 Å². The van der Waals surface area contributed by atoms with Crippen LogP contribution in [-0.4, -0.2) is 36.0 Å². The van der Waals surface area contributed by atoms with Crippen molar-refractivity contribution in [2.24, 2.45) is 5.92 Å². The highest BCUT2D eigenvalue weighted by Gasteiger charge is 2.35. The first-order valence-corrected chi connectivity index (χ1v) is 14.7. The number of benzene rings is 3. The summed E-state index contributed by atoms with van der Waals surface area (Å²) in [6.07, 6.45) is 1.01. The number of rotatable bonds is 6. The van der Waals surface area contributed by atoms with Crippen LogP contribution in [0.4, 0.5) is 17.1 Å². The molecule has 0 saturated carbocycles. The Morgan fingerprint density at radius 2 is 1.76 bits per heavy atom. The minimum Gasteiger partial charge on any atom is -0.369 e. The van der Waals surface area contributed by atoms with Gasteiger partial charge < -0.3 is 19.7 Å². The minimum atomic E-state index is -0.341. The minimum absolute atomic E-state index is 0.0419. The van der Waals surface area contributed by atoms with Crippen molar-refractivity contribution in [3.63, 3.8) is 0 Å². The second-order valence-corrected chi connectivity index (χ2v) is 11.6. The Balaban J connectivity index is 1.37. The van der Waals surface area contributed by atoms with Crippen LogP contribution in [0.2, 0.25) is 5.02 Å². The van der Waals surface area contributed by atoms with Gasteiger partial charge in [0.05, 0.1) is 22.0 Å². The molecule has 8 heteroatoms. The number of nitrogens with one attached hydrogen (secondary N) is 1. The van der Waals surface area contributed by atoms with E-state index in [4.69, 9.17) is 11.6 Å². The lowest BCUT2D eigenvalue weighted by molar-refractivity contribution is 0.0985. The van der Waals surface area contributed by atoms with Crippen LogP contribution >= 0.6 is 11.6 Å². The third-order valence-corrected chi connectivity index (χ3v) is 8.63. The molecular weight excluding hydrogens is 548 g/mol. The number of piperidine rings is 1. The maximum atomic E-state index is 13.8.